The number of nitro benzene ring substituents is 4. The number of rotatable bonds is 30. The van der Waals surface area contributed by atoms with E-state index in [2.05, 4.69) is 60.4 Å². The molecule has 0 spiro atoms. The maximum Gasteiger partial charge on any atom is 0.419 e. The van der Waals surface area contributed by atoms with Gasteiger partial charge in [0, 0.05) is 91.6 Å². The number of aromatic nitrogens is 2. The lowest BCUT2D eigenvalue weighted by Gasteiger charge is -2.21. The number of aromatic amines is 1. The number of aromatic carboxylic acids is 1. The van der Waals surface area contributed by atoms with Gasteiger partial charge in [-0.3, -0.25) is 50.0 Å². The van der Waals surface area contributed by atoms with E-state index < -0.39 is 115 Å². The molecule has 0 aliphatic carbocycles. The number of carbonyl (C=O) groups is 9. The number of fused-ring (bicyclic) bond motifs is 2. The van der Waals surface area contributed by atoms with Crippen LogP contribution in [-0.2, 0) is 41.3 Å². The second kappa shape index (κ2) is 58.6. The van der Waals surface area contributed by atoms with E-state index in [9.17, 15) is 111 Å². The maximum absolute atomic E-state index is 14.7. The number of aliphatic hydroxyl groups excluding tert-OH is 1. The minimum absolute atomic E-state index is 0.00157. The number of carboxylic acids is 1. The number of Topliss-reactive ketones (excluding diaryl/α,β-unsaturated/α-hetero) is 1. The molecule has 13 rings (SSSR count). The van der Waals surface area contributed by atoms with Crippen LogP contribution in [0.25, 0.3) is 44.3 Å². The third-order valence-corrected chi connectivity index (χ3v) is 21.5. The molecule has 148 heavy (non-hydrogen) atoms. The van der Waals surface area contributed by atoms with Crippen LogP contribution in [-0.4, -0.2) is 137 Å². The highest BCUT2D eigenvalue weighted by Gasteiger charge is 2.30. The Morgan fingerprint density at radius 3 is 1.22 bits per heavy atom. The van der Waals surface area contributed by atoms with E-state index in [1.165, 1.54) is 175 Å². The zero-order chi connectivity index (χ0) is 110. The molecular formula is C106H89BrCl5F5N6O25. The van der Waals surface area contributed by atoms with Crippen LogP contribution in [0.2, 0.25) is 25.1 Å². The number of aldehydes is 1. The number of nitrogens with zero attached hydrogens (tertiary/aromatic N) is 5. The zero-order valence-corrected chi connectivity index (χ0v) is 84.3. The van der Waals surface area contributed by atoms with Crippen LogP contribution < -0.4 is 0 Å². The van der Waals surface area contributed by atoms with Crippen molar-refractivity contribution in [2.75, 3.05) is 38.4 Å². The van der Waals surface area contributed by atoms with Crippen molar-refractivity contribution in [3.05, 3.63) is 455 Å². The third-order valence-electron chi connectivity index (χ3n) is 19.4. The van der Waals surface area contributed by atoms with Crippen LogP contribution in [0.5, 0.6) is 0 Å². The van der Waals surface area contributed by atoms with Gasteiger partial charge in [-0.05, 0) is 192 Å². The summed E-state index contributed by atoms with van der Waals surface area (Å²) in [7, 11) is 0. The van der Waals surface area contributed by atoms with Crippen LogP contribution in [0.15, 0.2) is 288 Å². The van der Waals surface area contributed by atoms with Gasteiger partial charge in [-0.25, -0.2) is 60.1 Å². The van der Waals surface area contributed by atoms with E-state index in [1.54, 1.807) is 88.4 Å². The minimum atomic E-state index is -1.43. The largest absolute Gasteiger partial charge is 0.478 e. The monoisotopic (exact) mass is 2190 g/mol. The van der Waals surface area contributed by atoms with Gasteiger partial charge >= 0.3 is 41.9 Å². The quantitative estimate of drug-likeness (QED) is 0.00433. The van der Waals surface area contributed by atoms with Gasteiger partial charge in [0.05, 0.1) is 118 Å². The molecule has 1 unspecified atom stereocenters. The Kier molecular flexibility index (Phi) is 47.7. The molecule has 0 amide bonds. The number of benzene rings is 11. The molecule has 31 nitrogen and oxygen atoms in total. The fourth-order valence-electron chi connectivity index (χ4n) is 12.9. The van der Waals surface area contributed by atoms with Crippen LogP contribution in [0.3, 0.4) is 0 Å². The first-order chi connectivity index (χ1) is 70.2. The number of hydrogen-bond acceptors (Lipinski definition) is 24. The first-order valence-corrected chi connectivity index (χ1v) is 45.9. The molecule has 0 saturated heterocycles. The van der Waals surface area contributed by atoms with E-state index in [1.807, 2.05) is 0 Å². The van der Waals surface area contributed by atoms with Gasteiger partial charge in [-0.1, -0.05) is 174 Å². The number of H-pyrrole nitrogens is 1. The molecule has 0 fully saturated rings. The van der Waals surface area contributed by atoms with Gasteiger partial charge in [-0.2, -0.15) is 0 Å². The minimum Gasteiger partial charge on any atom is -0.478 e. The summed E-state index contributed by atoms with van der Waals surface area (Å²) in [6, 6.07) is 48.6. The molecule has 2 aromatic heterocycles. The second-order valence-electron chi connectivity index (χ2n) is 31.0. The Labute approximate surface area is 875 Å². The Hall–Kier alpha value is -16.3. The summed E-state index contributed by atoms with van der Waals surface area (Å²) in [6.07, 6.45) is 6.45. The Balaban J connectivity index is 0.000000268. The smallest absolute Gasteiger partial charge is 0.419 e. The number of esters is 5. The number of nitro groups is 4. The molecule has 11 aromatic carbocycles. The standard InChI is InChI=1S/C23H21ClFNO4.C18H15ClFNO5.C18H13ClFNO5.C18H13ClFNO2.C11H11NO4.C8H7NO4.C7H4ClFO.C3H5Br/c1-5-11-29-21(27)14-9-10-18-15(12-14)13-19(20-16(24)7-6-8-17(20)25)26(18)22(28)30-23(2,3)4;2*1-2-8-26-18(23)11-6-7-15(21(24)25)12(9-11)10-16(22)17-13(19)4-3-5-14(17)20;1-2-8-23-18(22)11-6-7-15-12(9-11)10-16(21-15)17-13(19)4-3-5-14(17)20;1-3-6-16-11(13)9-4-5-10(12(14)15)8(2)7-9;1-5-4-6(8(10)11)2-3-7(5)9(12)13;8-6-2-1-3-7(9)5(6)4-10;1-2-3-4/h5-10,12-13H,1,11H2,2-4H3;2-7,9,16,22H,1,8,10H2;2-7,9H,1,8,10H2;2-7,9-10,21H,1,8H2;3-5,7H,1,6H2,2H3;2-4H,1H3,(H,10,11);1-4H;2H,1,3H2. The topological polar surface area (TPSA) is 443 Å². The highest BCUT2D eigenvalue weighted by atomic mass is 79.9. The van der Waals surface area contributed by atoms with E-state index in [0.717, 1.165) is 40.5 Å². The molecule has 13 aromatic rings. The number of aliphatic hydroxyl groups is 1. The van der Waals surface area contributed by atoms with Gasteiger partial charge < -0.3 is 43.6 Å². The molecule has 2 heterocycles. The summed E-state index contributed by atoms with van der Waals surface area (Å²) in [5, 5.41) is 64.9. The van der Waals surface area contributed by atoms with Crippen LogP contribution in [0.4, 0.5) is 49.5 Å². The fraction of sp³-hybridized carbons (Fsp3) is 0.142. The SMILES string of the molecule is C=CCBr.C=CCOC(=O)c1ccc([N+](=O)[O-])c(C)c1.C=CCOC(=O)c1ccc([N+](=O)[O-])c(CC(=O)c2c(F)cccc2Cl)c1.C=CCOC(=O)c1ccc([N+](=O)[O-])c(CC(O)c2c(F)cccc2Cl)c1.C=CCOC(=O)c1ccc2[nH]c(-c3c(F)cccc3Cl)cc2c1.C=CCOC(=O)c1ccc2c(c1)cc(-c1c(F)cccc1Cl)n2C(=O)OC(C)(C)C.Cc1cc(C(=O)O)ccc1[N+](=O)[O-].O=Cc1c(F)cccc1Cl. The van der Waals surface area contributed by atoms with Gasteiger partial charge in [-0.15, -0.1) is 6.58 Å². The molecule has 770 valence electrons. The maximum atomic E-state index is 14.7. The van der Waals surface area contributed by atoms with Gasteiger partial charge in [0.1, 0.15) is 67.7 Å². The Morgan fingerprint density at radius 2 is 0.818 bits per heavy atom. The average Bonchev–Trinajstić information content (AvgIpc) is 1.60. The normalized spacial score (nSPS) is 10.5. The number of halogens is 11. The average molecular weight is 2200 g/mol. The lowest BCUT2D eigenvalue weighted by atomic mass is 9.98. The summed E-state index contributed by atoms with van der Waals surface area (Å²) in [5.74, 6) is -7.86. The molecule has 0 bridgehead atoms. The highest BCUT2D eigenvalue weighted by Crippen LogP contribution is 2.39. The summed E-state index contributed by atoms with van der Waals surface area (Å²) >= 11 is 32.7. The number of alkyl halides is 1. The van der Waals surface area contributed by atoms with E-state index in [4.69, 9.17) is 91.5 Å². The number of nitrogens with one attached hydrogen (secondary N) is 1. The third kappa shape index (κ3) is 35.0. The zero-order valence-electron chi connectivity index (χ0n) is 78.9. The number of hydrogen-bond donors (Lipinski definition) is 3. The number of allylic oxidation sites excluding steroid dienone is 1. The first-order valence-electron chi connectivity index (χ1n) is 42.9. The van der Waals surface area contributed by atoms with Gasteiger partial charge in [0.2, 0.25) is 0 Å². The summed E-state index contributed by atoms with van der Waals surface area (Å²) < 4.78 is 100. The Morgan fingerprint density at radius 1 is 0.446 bits per heavy atom. The molecule has 0 aliphatic rings. The number of carboxylic acid groups (broad SMARTS) is 1. The molecule has 0 aliphatic heterocycles. The van der Waals surface area contributed by atoms with Crippen molar-refractivity contribution in [1.82, 2.24) is 9.55 Å². The van der Waals surface area contributed by atoms with Crippen molar-refractivity contribution in [2.45, 2.75) is 59.2 Å². The van der Waals surface area contributed by atoms with Gasteiger partial charge in [0.15, 0.2) is 12.1 Å². The summed E-state index contributed by atoms with van der Waals surface area (Å²) in [6.45, 7) is 29.3. The predicted octanol–water partition coefficient (Wildman–Crippen LogP) is 27.1. The fourth-order valence-corrected chi connectivity index (χ4v) is 14.2. The first kappa shape index (κ1) is 120. The molecule has 3 N–H and O–H groups in total. The van der Waals surface area contributed by atoms with Crippen molar-refractivity contribution in [2.24, 2.45) is 0 Å². The molecule has 0 saturated carbocycles. The van der Waals surface area contributed by atoms with Crippen molar-refractivity contribution in [3.63, 3.8) is 0 Å². The van der Waals surface area contributed by atoms with Crippen molar-refractivity contribution >= 4 is 172 Å². The van der Waals surface area contributed by atoms with E-state index in [-0.39, 0.29) is 144 Å². The molecule has 0 radical (unpaired) electrons. The number of ketones is 1. The van der Waals surface area contributed by atoms with Crippen LogP contribution in [0.1, 0.15) is 138 Å². The summed E-state index contributed by atoms with van der Waals surface area (Å²) in [4.78, 5) is 149. The van der Waals surface area contributed by atoms with Crippen molar-refractivity contribution < 1.29 is 123 Å². The number of ether oxygens (including phenoxy) is 6. The molecule has 42 heteroatoms. The van der Waals surface area contributed by atoms with Crippen LogP contribution in [0, 0.1) is 83.4 Å². The van der Waals surface area contributed by atoms with Crippen molar-refractivity contribution in [1.29, 1.82) is 0 Å². The van der Waals surface area contributed by atoms with Crippen molar-refractivity contribution in [3.8, 4) is 22.5 Å². The van der Waals surface area contributed by atoms with Gasteiger partial charge in [0.25, 0.3) is 22.7 Å². The Bertz CT molecular complexity index is 7110. The number of carbonyl (C=O) groups excluding carboxylic acids is 8. The van der Waals surface area contributed by atoms with E-state index >= 15 is 0 Å². The summed E-state index contributed by atoms with van der Waals surface area (Å²) in [5.41, 5.74) is 2.19. The lowest BCUT2D eigenvalue weighted by Crippen LogP contribution is -2.27. The van der Waals surface area contributed by atoms with Crippen LogP contribution >= 0.6 is 73.9 Å². The molecular weight excluding hydrogens is 2110 g/mol. The lowest BCUT2D eigenvalue weighted by molar-refractivity contribution is -0.385. The number of aryl methyl sites for hydroxylation is 2. The second-order valence-corrected chi connectivity index (χ2v) is 33.7. The highest BCUT2D eigenvalue weighted by molar-refractivity contribution is 9.09. The molecule has 1 atom stereocenters. The van der Waals surface area contributed by atoms with E-state index in [0.29, 0.717) is 55.7 Å². The predicted molar refractivity (Wildman–Crippen MR) is 554 cm³/mol.